The van der Waals surface area contributed by atoms with Crippen molar-refractivity contribution in [3.63, 3.8) is 0 Å². The van der Waals surface area contributed by atoms with Crippen LogP contribution in [0.25, 0.3) is 0 Å². The predicted molar refractivity (Wildman–Crippen MR) is 76.0 cm³/mol. The summed E-state index contributed by atoms with van der Waals surface area (Å²) in [5, 5.41) is 10.7. The highest BCUT2D eigenvalue weighted by Gasteiger charge is 2.36. The number of likely N-dealkylation sites (tertiary alicyclic amines) is 1. The maximum absolute atomic E-state index is 12.0. The molecule has 4 nitrogen and oxygen atoms in total. The van der Waals surface area contributed by atoms with Gasteiger partial charge in [0, 0.05) is 19.0 Å². The minimum atomic E-state index is -0.890. The molecule has 0 unspecified atom stereocenters. The van der Waals surface area contributed by atoms with Crippen LogP contribution in [0.4, 0.5) is 0 Å². The van der Waals surface area contributed by atoms with Gasteiger partial charge in [-0.3, -0.25) is 9.59 Å². The van der Waals surface area contributed by atoms with Gasteiger partial charge in [0.2, 0.25) is 5.78 Å². The summed E-state index contributed by atoms with van der Waals surface area (Å²) in [6.07, 6.45) is 0.933. The molecule has 0 radical (unpaired) electrons. The summed E-state index contributed by atoms with van der Waals surface area (Å²) in [5.74, 6) is -1.05. The summed E-state index contributed by atoms with van der Waals surface area (Å²) < 4.78 is 0. The number of piperidine rings is 1. The Morgan fingerprint density at radius 3 is 2.20 bits per heavy atom. The molecule has 0 aliphatic carbocycles. The fraction of sp³-hybridized carbons (Fsp3) is 0.500. The number of Topliss-reactive ketones (excluding diaryl/α,β-unsaturated/α-hetero) is 1. The van der Waals surface area contributed by atoms with Gasteiger partial charge < -0.3 is 10.0 Å². The smallest absolute Gasteiger partial charge is 0.290 e. The number of carbonyl (C=O) groups is 2. The molecule has 0 spiro atoms. The van der Waals surface area contributed by atoms with Gasteiger partial charge in [0.1, 0.15) is 0 Å². The number of nitrogens with zero attached hydrogens (tertiary/aromatic N) is 1. The molecule has 1 aromatic carbocycles. The minimum Gasteiger partial charge on any atom is -0.385 e. The zero-order chi connectivity index (χ0) is 14.8. The second-order valence-corrected chi connectivity index (χ2v) is 5.71. The molecule has 1 saturated heterocycles. The van der Waals surface area contributed by atoms with Gasteiger partial charge in [-0.05, 0) is 18.4 Å². The maximum Gasteiger partial charge on any atom is 0.290 e. The molecule has 1 amide bonds. The van der Waals surface area contributed by atoms with Crippen molar-refractivity contribution >= 4 is 11.7 Å². The second kappa shape index (κ2) is 5.75. The van der Waals surface area contributed by atoms with E-state index in [0.29, 0.717) is 25.9 Å². The summed E-state index contributed by atoms with van der Waals surface area (Å²) >= 11 is 0. The normalized spacial score (nSPS) is 18.1. The van der Waals surface area contributed by atoms with Crippen molar-refractivity contribution in [3.8, 4) is 0 Å². The summed E-state index contributed by atoms with van der Waals surface area (Å²) in [7, 11) is 0. The van der Waals surface area contributed by atoms with Gasteiger partial charge in [-0.1, -0.05) is 44.2 Å². The Morgan fingerprint density at radius 1 is 1.15 bits per heavy atom. The number of rotatable bonds is 3. The molecule has 1 aromatic rings. The van der Waals surface area contributed by atoms with E-state index in [1.807, 2.05) is 30.3 Å². The monoisotopic (exact) mass is 275 g/mol. The van der Waals surface area contributed by atoms with E-state index < -0.39 is 11.5 Å². The molecule has 108 valence electrons. The average Bonchev–Trinajstić information content (AvgIpc) is 2.47. The Labute approximate surface area is 119 Å². The molecule has 0 saturated carbocycles. The third-order valence-electron chi connectivity index (χ3n) is 3.92. The zero-order valence-corrected chi connectivity index (χ0v) is 12.0. The first-order chi connectivity index (χ1) is 9.44. The van der Waals surface area contributed by atoms with Crippen LogP contribution in [0.5, 0.6) is 0 Å². The van der Waals surface area contributed by atoms with E-state index >= 15 is 0 Å². The van der Waals surface area contributed by atoms with Gasteiger partial charge in [-0.2, -0.15) is 0 Å². The van der Waals surface area contributed by atoms with Crippen molar-refractivity contribution in [2.24, 2.45) is 5.92 Å². The Balaban J connectivity index is 2.02. The highest BCUT2D eigenvalue weighted by atomic mass is 16.3. The largest absolute Gasteiger partial charge is 0.385 e. The molecule has 0 aromatic heterocycles. The van der Waals surface area contributed by atoms with Crippen LogP contribution in [0.3, 0.4) is 0 Å². The van der Waals surface area contributed by atoms with Crippen LogP contribution in [0.1, 0.15) is 32.3 Å². The quantitative estimate of drug-likeness (QED) is 0.855. The summed E-state index contributed by atoms with van der Waals surface area (Å²) in [4.78, 5) is 25.3. The van der Waals surface area contributed by atoms with Crippen molar-refractivity contribution in [2.45, 2.75) is 32.3 Å². The third kappa shape index (κ3) is 2.90. The van der Waals surface area contributed by atoms with Crippen LogP contribution in [0.2, 0.25) is 0 Å². The van der Waals surface area contributed by atoms with Gasteiger partial charge in [-0.15, -0.1) is 0 Å². The zero-order valence-electron chi connectivity index (χ0n) is 12.0. The van der Waals surface area contributed by atoms with Crippen LogP contribution >= 0.6 is 0 Å². The third-order valence-corrected chi connectivity index (χ3v) is 3.92. The van der Waals surface area contributed by atoms with E-state index in [4.69, 9.17) is 0 Å². The first kappa shape index (κ1) is 14.7. The Kier molecular flexibility index (Phi) is 4.23. The van der Waals surface area contributed by atoms with Crippen molar-refractivity contribution in [1.29, 1.82) is 0 Å². The molecule has 1 aliphatic heterocycles. The predicted octanol–water partition coefficient (Wildman–Crippen LogP) is 1.72. The van der Waals surface area contributed by atoms with E-state index in [1.54, 1.807) is 18.7 Å². The molecule has 0 atom stereocenters. The van der Waals surface area contributed by atoms with E-state index in [1.165, 1.54) is 0 Å². The lowest BCUT2D eigenvalue weighted by atomic mass is 9.84. The standard InChI is InChI=1S/C16H21NO3/c1-12(2)14(18)15(19)17-10-8-16(20,9-11-17)13-6-4-3-5-7-13/h3-7,12,20H,8-11H2,1-2H3. The fourth-order valence-electron chi connectivity index (χ4n) is 2.52. The van der Waals surface area contributed by atoms with Gasteiger partial charge in [-0.25, -0.2) is 0 Å². The Bertz CT molecular complexity index is 488. The number of hydrogen-bond acceptors (Lipinski definition) is 3. The first-order valence-corrected chi connectivity index (χ1v) is 7.05. The number of hydrogen-bond donors (Lipinski definition) is 1. The topological polar surface area (TPSA) is 57.6 Å². The van der Waals surface area contributed by atoms with Gasteiger partial charge in [0.25, 0.3) is 5.91 Å². The minimum absolute atomic E-state index is 0.280. The van der Waals surface area contributed by atoms with Gasteiger partial charge >= 0.3 is 0 Å². The second-order valence-electron chi connectivity index (χ2n) is 5.71. The molecular formula is C16H21NO3. The number of ketones is 1. The lowest BCUT2D eigenvalue weighted by Crippen LogP contribution is -2.48. The van der Waals surface area contributed by atoms with Gasteiger partial charge in [0.15, 0.2) is 0 Å². The first-order valence-electron chi connectivity index (χ1n) is 7.05. The fourth-order valence-corrected chi connectivity index (χ4v) is 2.52. The molecular weight excluding hydrogens is 254 g/mol. The summed E-state index contributed by atoms with van der Waals surface area (Å²) in [6.45, 7) is 4.29. The van der Waals surface area contributed by atoms with Crippen LogP contribution in [-0.2, 0) is 15.2 Å². The maximum atomic E-state index is 12.0. The van der Waals surface area contributed by atoms with Crippen molar-refractivity contribution in [3.05, 3.63) is 35.9 Å². The summed E-state index contributed by atoms with van der Waals surface area (Å²) in [6, 6.07) is 9.50. The van der Waals surface area contributed by atoms with E-state index in [2.05, 4.69) is 0 Å². The highest BCUT2D eigenvalue weighted by molar-refractivity contribution is 6.36. The highest BCUT2D eigenvalue weighted by Crippen LogP contribution is 2.32. The number of benzene rings is 1. The van der Waals surface area contributed by atoms with Crippen LogP contribution in [0.15, 0.2) is 30.3 Å². The van der Waals surface area contributed by atoms with Crippen LogP contribution in [0, 0.1) is 5.92 Å². The molecule has 1 fully saturated rings. The van der Waals surface area contributed by atoms with E-state index in [-0.39, 0.29) is 11.7 Å². The summed E-state index contributed by atoms with van der Waals surface area (Å²) in [5.41, 5.74) is -0.0128. The van der Waals surface area contributed by atoms with Gasteiger partial charge in [0.05, 0.1) is 5.60 Å². The Hall–Kier alpha value is -1.68. The lowest BCUT2D eigenvalue weighted by molar-refractivity contribution is -0.149. The molecule has 0 bridgehead atoms. The van der Waals surface area contributed by atoms with Crippen molar-refractivity contribution in [2.75, 3.05) is 13.1 Å². The number of carbonyl (C=O) groups excluding carboxylic acids is 2. The SMILES string of the molecule is CC(C)C(=O)C(=O)N1CCC(O)(c2ccccc2)CC1. The molecule has 1 N–H and O–H groups in total. The molecule has 20 heavy (non-hydrogen) atoms. The number of amides is 1. The number of aliphatic hydroxyl groups is 1. The average molecular weight is 275 g/mol. The Morgan fingerprint density at radius 2 is 1.70 bits per heavy atom. The lowest BCUT2D eigenvalue weighted by Gasteiger charge is -2.38. The molecule has 2 rings (SSSR count). The van der Waals surface area contributed by atoms with Crippen molar-refractivity contribution in [1.82, 2.24) is 4.90 Å². The molecule has 1 heterocycles. The molecule has 4 heteroatoms. The van der Waals surface area contributed by atoms with Crippen LogP contribution in [-0.4, -0.2) is 34.8 Å². The van der Waals surface area contributed by atoms with E-state index in [0.717, 1.165) is 5.56 Å². The van der Waals surface area contributed by atoms with Crippen LogP contribution < -0.4 is 0 Å². The van der Waals surface area contributed by atoms with Crippen molar-refractivity contribution < 1.29 is 14.7 Å². The molecule has 1 aliphatic rings. The van der Waals surface area contributed by atoms with E-state index in [9.17, 15) is 14.7 Å².